The van der Waals surface area contributed by atoms with Crippen LogP contribution in [0.2, 0.25) is 0 Å². The van der Waals surface area contributed by atoms with Crippen LogP contribution in [-0.2, 0) is 0 Å². The fourth-order valence-corrected chi connectivity index (χ4v) is 1.79. The Labute approximate surface area is 82.8 Å². The Bertz CT molecular complexity index is 250. The van der Waals surface area contributed by atoms with Gasteiger partial charge in [0.1, 0.15) is 0 Å². The van der Waals surface area contributed by atoms with E-state index in [4.69, 9.17) is 5.11 Å². The zero-order valence-electron chi connectivity index (χ0n) is 8.08. The van der Waals surface area contributed by atoms with Crippen molar-refractivity contribution in [3.63, 3.8) is 0 Å². The first-order valence-corrected chi connectivity index (χ1v) is 5.42. The van der Waals surface area contributed by atoms with E-state index in [1.165, 1.54) is 0 Å². The lowest BCUT2D eigenvalue weighted by atomic mass is 10.2. The van der Waals surface area contributed by atoms with E-state index >= 15 is 0 Å². The lowest BCUT2D eigenvalue weighted by Gasteiger charge is -2.12. The summed E-state index contributed by atoms with van der Waals surface area (Å²) in [6.45, 7) is 5.11. The summed E-state index contributed by atoms with van der Waals surface area (Å²) in [5.74, 6) is 0. The van der Waals surface area contributed by atoms with Crippen LogP contribution in [0.5, 0.6) is 0 Å². The Morgan fingerprint density at radius 3 is 2.92 bits per heavy atom. The smallest absolute Gasteiger partial charge is 0.0898 e. The van der Waals surface area contributed by atoms with E-state index in [0.717, 1.165) is 23.7 Å². The molecule has 0 bridgehead atoms. The normalized spacial score (nSPS) is 13.2. The van der Waals surface area contributed by atoms with Crippen LogP contribution < -0.4 is 5.32 Å². The fourth-order valence-electron chi connectivity index (χ4n) is 1.12. The molecule has 0 aromatic carbocycles. The van der Waals surface area contributed by atoms with Gasteiger partial charge in [0, 0.05) is 5.38 Å². The van der Waals surface area contributed by atoms with E-state index in [2.05, 4.69) is 17.2 Å². The maximum Gasteiger partial charge on any atom is 0.0898 e. The Hall–Kier alpha value is -0.450. The third-order valence-electron chi connectivity index (χ3n) is 1.82. The number of rotatable bonds is 5. The first kappa shape index (κ1) is 10.6. The van der Waals surface area contributed by atoms with E-state index in [0.29, 0.717) is 0 Å². The van der Waals surface area contributed by atoms with Crippen LogP contribution in [-0.4, -0.2) is 23.2 Å². The fraction of sp³-hybridized carbons (Fsp3) is 0.667. The Kier molecular flexibility index (Phi) is 4.35. The van der Waals surface area contributed by atoms with Gasteiger partial charge in [0.2, 0.25) is 0 Å². The lowest BCUT2D eigenvalue weighted by Crippen LogP contribution is -2.25. The quantitative estimate of drug-likeness (QED) is 0.757. The second-order valence-corrected chi connectivity index (χ2v) is 4.04. The largest absolute Gasteiger partial charge is 0.394 e. The number of aryl methyl sites for hydroxylation is 1. The summed E-state index contributed by atoms with van der Waals surface area (Å²) in [6.07, 6.45) is 1.07. The molecule has 0 radical (unpaired) electrons. The maximum atomic E-state index is 9.12. The van der Waals surface area contributed by atoms with Crippen molar-refractivity contribution in [2.24, 2.45) is 0 Å². The molecule has 1 atom stereocenters. The molecule has 1 rings (SSSR count). The lowest BCUT2D eigenvalue weighted by molar-refractivity contribution is 0.242. The number of hydrogen-bond donors (Lipinski definition) is 2. The molecule has 0 fully saturated rings. The Morgan fingerprint density at radius 2 is 2.46 bits per heavy atom. The van der Waals surface area contributed by atoms with Crippen molar-refractivity contribution in [2.75, 3.05) is 13.2 Å². The van der Waals surface area contributed by atoms with Crippen LogP contribution in [0, 0.1) is 6.92 Å². The summed E-state index contributed by atoms with van der Waals surface area (Å²) >= 11 is 1.62. The van der Waals surface area contributed by atoms with Crippen molar-refractivity contribution in [3.05, 3.63) is 16.1 Å². The number of thiazole rings is 1. The highest BCUT2D eigenvalue weighted by Gasteiger charge is 2.11. The van der Waals surface area contributed by atoms with Crippen LogP contribution in [0.3, 0.4) is 0 Å². The van der Waals surface area contributed by atoms with Gasteiger partial charge in [0.15, 0.2) is 0 Å². The van der Waals surface area contributed by atoms with E-state index in [-0.39, 0.29) is 12.6 Å². The number of nitrogens with zero attached hydrogens (tertiary/aromatic N) is 1. The minimum absolute atomic E-state index is 0.00454. The summed E-state index contributed by atoms with van der Waals surface area (Å²) in [4.78, 5) is 4.33. The molecular weight excluding hydrogens is 184 g/mol. The molecule has 0 saturated heterocycles. The molecule has 1 heterocycles. The Morgan fingerprint density at radius 1 is 1.69 bits per heavy atom. The third-order valence-corrected chi connectivity index (χ3v) is 2.61. The van der Waals surface area contributed by atoms with Crippen molar-refractivity contribution in [3.8, 4) is 0 Å². The van der Waals surface area contributed by atoms with Crippen LogP contribution in [0.1, 0.15) is 30.1 Å². The molecule has 4 heteroatoms. The van der Waals surface area contributed by atoms with E-state index in [9.17, 15) is 0 Å². The van der Waals surface area contributed by atoms with Crippen molar-refractivity contribution in [2.45, 2.75) is 26.3 Å². The molecule has 74 valence electrons. The summed E-state index contributed by atoms with van der Waals surface area (Å²) in [7, 11) is 0. The summed E-state index contributed by atoms with van der Waals surface area (Å²) < 4.78 is 0. The molecule has 1 aromatic rings. The predicted octanol–water partition coefficient (Wildman–Crippen LogP) is 1.48. The molecule has 1 aromatic heterocycles. The molecule has 0 amide bonds. The number of aliphatic hydroxyl groups excluding tert-OH is 1. The molecular formula is C9H16N2OS. The zero-order chi connectivity index (χ0) is 9.68. The van der Waals surface area contributed by atoms with Gasteiger partial charge in [-0.25, -0.2) is 4.98 Å². The maximum absolute atomic E-state index is 9.12. The standard InChI is InChI=1S/C9H16N2OS/c1-3-4-10-8(5-12)9-6-13-7(2)11-9/h6,8,10,12H,3-5H2,1-2H3. The first-order chi connectivity index (χ1) is 6.27. The van der Waals surface area contributed by atoms with Gasteiger partial charge in [-0.2, -0.15) is 0 Å². The minimum Gasteiger partial charge on any atom is -0.394 e. The van der Waals surface area contributed by atoms with Crippen LogP contribution >= 0.6 is 11.3 Å². The highest BCUT2D eigenvalue weighted by atomic mass is 32.1. The van der Waals surface area contributed by atoms with E-state index < -0.39 is 0 Å². The van der Waals surface area contributed by atoms with Gasteiger partial charge < -0.3 is 10.4 Å². The molecule has 0 aliphatic heterocycles. The minimum atomic E-state index is 0.00454. The van der Waals surface area contributed by atoms with Crippen LogP contribution in [0.15, 0.2) is 5.38 Å². The monoisotopic (exact) mass is 200 g/mol. The molecule has 0 aliphatic rings. The van der Waals surface area contributed by atoms with Crippen molar-refractivity contribution < 1.29 is 5.11 Å². The van der Waals surface area contributed by atoms with Gasteiger partial charge in [-0.15, -0.1) is 11.3 Å². The van der Waals surface area contributed by atoms with Gasteiger partial charge in [-0.05, 0) is 19.9 Å². The van der Waals surface area contributed by atoms with Gasteiger partial charge in [0.25, 0.3) is 0 Å². The molecule has 3 nitrogen and oxygen atoms in total. The summed E-state index contributed by atoms with van der Waals surface area (Å²) in [5.41, 5.74) is 0.957. The third kappa shape index (κ3) is 3.06. The summed E-state index contributed by atoms with van der Waals surface area (Å²) in [6, 6.07) is 0.00454. The van der Waals surface area contributed by atoms with Gasteiger partial charge >= 0.3 is 0 Å². The number of aliphatic hydroxyl groups is 1. The average molecular weight is 200 g/mol. The summed E-state index contributed by atoms with van der Waals surface area (Å²) in [5, 5.41) is 15.4. The van der Waals surface area contributed by atoms with Crippen molar-refractivity contribution >= 4 is 11.3 Å². The molecule has 2 N–H and O–H groups in total. The SMILES string of the molecule is CCCNC(CO)c1csc(C)n1. The van der Waals surface area contributed by atoms with Crippen LogP contribution in [0.4, 0.5) is 0 Å². The number of hydrogen-bond acceptors (Lipinski definition) is 4. The topological polar surface area (TPSA) is 45.1 Å². The van der Waals surface area contributed by atoms with E-state index in [1.54, 1.807) is 11.3 Å². The van der Waals surface area contributed by atoms with Crippen molar-refractivity contribution in [1.29, 1.82) is 0 Å². The number of nitrogens with one attached hydrogen (secondary N) is 1. The van der Waals surface area contributed by atoms with E-state index in [1.807, 2.05) is 12.3 Å². The second kappa shape index (κ2) is 5.32. The molecule has 0 aliphatic carbocycles. The first-order valence-electron chi connectivity index (χ1n) is 4.54. The van der Waals surface area contributed by atoms with Crippen molar-refractivity contribution in [1.82, 2.24) is 10.3 Å². The van der Waals surface area contributed by atoms with Crippen LogP contribution in [0.25, 0.3) is 0 Å². The predicted molar refractivity (Wildman–Crippen MR) is 55.0 cm³/mol. The zero-order valence-corrected chi connectivity index (χ0v) is 8.90. The molecule has 0 saturated carbocycles. The molecule has 0 spiro atoms. The Balaban J connectivity index is 2.56. The highest BCUT2D eigenvalue weighted by Crippen LogP contribution is 2.15. The second-order valence-electron chi connectivity index (χ2n) is 2.98. The molecule has 13 heavy (non-hydrogen) atoms. The van der Waals surface area contributed by atoms with Gasteiger partial charge in [-0.3, -0.25) is 0 Å². The highest BCUT2D eigenvalue weighted by molar-refractivity contribution is 7.09. The van der Waals surface area contributed by atoms with Gasteiger partial charge in [-0.1, -0.05) is 6.92 Å². The number of aromatic nitrogens is 1. The molecule has 1 unspecified atom stereocenters. The average Bonchev–Trinajstić information content (AvgIpc) is 2.54. The van der Waals surface area contributed by atoms with Gasteiger partial charge in [0.05, 0.1) is 23.4 Å².